The molecule has 0 bridgehead atoms. The van der Waals surface area contributed by atoms with Gasteiger partial charge in [0, 0.05) is 31.9 Å². The smallest absolute Gasteiger partial charge is 0.478 e. The van der Waals surface area contributed by atoms with Crippen LogP contribution in [0, 0.1) is 12.7 Å². The first-order valence-corrected chi connectivity index (χ1v) is 12.2. The van der Waals surface area contributed by atoms with Gasteiger partial charge in [0.05, 0.1) is 17.8 Å². The Kier molecular flexibility index (Phi) is 10.1. The quantitative estimate of drug-likeness (QED) is 0.222. The average Bonchev–Trinajstić information content (AvgIpc) is 2.92. The fourth-order valence-corrected chi connectivity index (χ4v) is 3.80. The summed E-state index contributed by atoms with van der Waals surface area (Å²) in [6, 6.07) is 21.7. The molecule has 3 aromatic carbocycles. The largest absolute Gasteiger partial charge is 0.490 e. The number of para-hydroxylation sites is 1. The molecule has 1 heterocycles. The molecule has 212 valence electrons. The fourth-order valence-electron chi connectivity index (χ4n) is 3.80. The summed E-state index contributed by atoms with van der Waals surface area (Å²) in [7, 11) is 0. The van der Waals surface area contributed by atoms with Crippen LogP contribution < -0.4 is 10.2 Å². The maximum absolute atomic E-state index is 14.2. The van der Waals surface area contributed by atoms with Crippen LogP contribution in [0.4, 0.5) is 28.9 Å². The van der Waals surface area contributed by atoms with Gasteiger partial charge in [0.15, 0.2) is 5.96 Å². The molecule has 0 unspecified atom stereocenters. The molecule has 4 rings (SSSR count). The number of piperazine rings is 1. The third-order valence-electron chi connectivity index (χ3n) is 5.91. The second kappa shape index (κ2) is 13.5. The Balaban J connectivity index is 0.000000559. The van der Waals surface area contributed by atoms with E-state index in [9.17, 15) is 27.5 Å². The van der Waals surface area contributed by atoms with Crippen molar-refractivity contribution in [2.75, 3.05) is 36.4 Å². The van der Waals surface area contributed by atoms with Gasteiger partial charge in [-0.1, -0.05) is 48.0 Å². The van der Waals surface area contributed by atoms with E-state index in [-0.39, 0.29) is 11.4 Å². The molecule has 1 saturated heterocycles. The topological polar surface area (TPSA) is 105 Å². The highest BCUT2D eigenvalue weighted by molar-refractivity contribution is 5.96. The molecule has 8 nitrogen and oxygen atoms in total. The minimum Gasteiger partial charge on any atom is -0.478 e. The number of carbonyl (C=O) groups is 2. The van der Waals surface area contributed by atoms with Gasteiger partial charge in [-0.05, 0) is 42.8 Å². The number of nitrogens with one attached hydrogen (secondary N) is 1. The number of nitrogens with zero attached hydrogens (tertiary/aromatic N) is 3. The standard InChI is InChI=1S/C26H27FN4O2.C2HF3O2/c1-19-9-11-20(12-10-19)18-28-26(29-22-6-4-5-21(17-22)25(32)33)31-15-13-30(14-16-31)24-8-3-2-7-23(24)27;3-2(4,5)1(6)7/h2-12,17H,13-16,18H2,1H3,(H,28,29)(H,32,33);(H,6,7). The van der Waals surface area contributed by atoms with Crippen molar-refractivity contribution < 1.29 is 37.4 Å². The number of alkyl halides is 3. The molecule has 3 aromatic rings. The number of carboxylic acids is 2. The van der Waals surface area contributed by atoms with Crippen molar-refractivity contribution in [2.45, 2.75) is 19.6 Å². The molecule has 12 heteroatoms. The lowest BCUT2D eigenvalue weighted by Crippen LogP contribution is -2.51. The summed E-state index contributed by atoms with van der Waals surface area (Å²) in [5.74, 6) is -3.28. The first kappa shape index (κ1) is 29.9. The highest BCUT2D eigenvalue weighted by Gasteiger charge is 2.38. The summed E-state index contributed by atoms with van der Waals surface area (Å²) in [5.41, 5.74) is 3.76. The van der Waals surface area contributed by atoms with Crippen LogP contribution in [0.15, 0.2) is 77.8 Å². The lowest BCUT2D eigenvalue weighted by molar-refractivity contribution is -0.192. The number of halogens is 4. The number of hydrogen-bond acceptors (Lipinski definition) is 4. The molecule has 1 fully saturated rings. The molecule has 0 aromatic heterocycles. The molecular formula is C28H28F4N4O4. The normalized spacial score (nSPS) is 13.8. The van der Waals surface area contributed by atoms with Crippen molar-refractivity contribution in [3.63, 3.8) is 0 Å². The SMILES string of the molecule is Cc1ccc(CN=C(Nc2cccc(C(=O)O)c2)N2CCN(c3ccccc3F)CC2)cc1.O=C(O)C(F)(F)F. The van der Waals surface area contributed by atoms with Crippen LogP contribution in [0.1, 0.15) is 21.5 Å². The number of rotatable bonds is 5. The highest BCUT2D eigenvalue weighted by atomic mass is 19.4. The van der Waals surface area contributed by atoms with Crippen molar-refractivity contribution in [3.8, 4) is 0 Å². The zero-order chi connectivity index (χ0) is 29.3. The molecule has 40 heavy (non-hydrogen) atoms. The fraction of sp³-hybridized carbons (Fsp3) is 0.250. The Morgan fingerprint density at radius 1 is 0.925 bits per heavy atom. The zero-order valence-electron chi connectivity index (χ0n) is 21.5. The van der Waals surface area contributed by atoms with E-state index in [4.69, 9.17) is 14.9 Å². The number of anilines is 2. The second-order valence-electron chi connectivity index (χ2n) is 8.86. The molecule has 0 atom stereocenters. The minimum absolute atomic E-state index is 0.210. The molecule has 0 radical (unpaired) electrons. The van der Waals surface area contributed by atoms with E-state index >= 15 is 0 Å². The lowest BCUT2D eigenvalue weighted by Gasteiger charge is -2.37. The highest BCUT2D eigenvalue weighted by Crippen LogP contribution is 2.21. The predicted molar refractivity (Wildman–Crippen MR) is 143 cm³/mol. The maximum atomic E-state index is 14.2. The average molecular weight is 561 g/mol. The van der Waals surface area contributed by atoms with Gasteiger partial charge in [-0.15, -0.1) is 0 Å². The number of aryl methyl sites for hydroxylation is 1. The van der Waals surface area contributed by atoms with Gasteiger partial charge in [0.25, 0.3) is 0 Å². The molecule has 0 spiro atoms. The Bertz CT molecular complexity index is 1340. The summed E-state index contributed by atoms with van der Waals surface area (Å²) in [4.78, 5) is 29.3. The third-order valence-corrected chi connectivity index (χ3v) is 5.91. The summed E-state index contributed by atoms with van der Waals surface area (Å²) in [6.07, 6.45) is -5.08. The Morgan fingerprint density at radius 2 is 1.55 bits per heavy atom. The molecular weight excluding hydrogens is 532 g/mol. The van der Waals surface area contributed by atoms with Crippen LogP contribution in [0.3, 0.4) is 0 Å². The summed E-state index contributed by atoms with van der Waals surface area (Å²) in [5, 5.41) is 19.8. The van der Waals surface area contributed by atoms with Crippen LogP contribution in [-0.4, -0.2) is 65.4 Å². The first-order chi connectivity index (χ1) is 18.9. The summed E-state index contributed by atoms with van der Waals surface area (Å²) < 4.78 is 46.0. The number of aliphatic imine (C=N–C) groups is 1. The molecule has 0 aliphatic carbocycles. The first-order valence-electron chi connectivity index (χ1n) is 12.2. The Hall–Kier alpha value is -4.61. The molecule has 1 aliphatic heterocycles. The van der Waals surface area contributed by atoms with Gasteiger partial charge in [-0.3, -0.25) is 0 Å². The van der Waals surface area contributed by atoms with Crippen LogP contribution in [0.5, 0.6) is 0 Å². The Morgan fingerprint density at radius 3 is 2.12 bits per heavy atom. The van der Waals surface area contributed by atoms with E-state index < -0.39 is 18.1 Å². The molecule has 3 N–H and O–H groups in total. The summed E-state index contributed by atoms with van der Waals surface area (Å²) in [6.45, 7) is 5.17. The van der Waals surface area contributed by atoms with Crippen LogP contribution in [-0.2, 0) is 11.3 Å². The Labute approximate surface area is 228 Å². The van der Waals surface area contributed by atoms with Gasteiger partial charge in [0.1, 0.15) is 5.82 Å². The number of benzene rings is 3. The molecule has 0 amide bonds. The van der Waals surface area contributed by atoms with Crippen LogP contribution in [0.25, 0.3) is 0 Å². The number of guanidine groups is 1. The van der Waals surface area contributed by atoms with Gasteiger partial charge in [-0.25, -0.2) is 19.0 Å². The van der Waals surface area contributed by atoms with Crippen molar-refractivity contribution in [2.24, 2.45) is 4.99 Å². The van der Waals surface area contributed by atoms with E-state index in [1.165, 1.54) is 11.6 Å². The zero-order valence-corrected chi connectivity index (χ0v) is 21.5. The van der Waals surface area contributed by atoms with Gasteiger partial charge >= 0.3 is 18.1 Å². The van der Waals surface area contributed by atoms with Gasteiger partial charge < -0.3 is 25.3 Å². The summed E-state index contributed by atoms with van der Waals surface area (Å²) >= 11 is 0. The van der Waals surface area contributed by atoms with Gasteiger partial charge in [0.2, 0.25) is 0 Å². The van der Waals surface area contributed by atoms with Crippen LogP contribution in [0.2, 0.25) is 0 Å². The molecule has 1 aliphatic rings. The number of aromatic carboxylic acids is 1. The van der Waals surface area contributed by atoms with Crippen molar-refractivity contribution in [3.05, 3.63) is 95.3 Å². The van der Waals surface area contributed by atoms with E-state index in [1.807, 2.05) is 24.0 Å². The molecule has 0 saturated carbocycles. The minimum atomic E-state index is -5.08. The van der Waals surface area contributed by atoms with E-state index in [0.717, 1.165) is 5.56 Å². The number of carboxylic acid groups (broad SMARTS) is 2. The number of hydrogen-bond donors (Lipinski definition) is 3. The van der Waals surface area contributed by atoms with Crippen LogP contribution >= 0.6 is 0 Å². The van der Waals surface area contributed by atoms with Gasteiger partial charge in [-0.2, -0.15) is 13.2 Å². The number of aliphatic carboxylic acids is 1. The van der Waals surface area contributed by atoms with Crippen molar-refractivity contribution in [1.82, 2.24) is 4.90 Å². The van der Waals surface area contributed by atoms with E-state index in [0.29, 0.717) is 50.1 Å². The predicted octanol–water partition coefficient (Wildman–Crippen LogP) is 5.26. The lowest BCUT2D eigenvalue weighted by atomic mass is 10.1. The van der Waals surface area contributed by atoms with E-state index in [2.05, 4.69) is 34.5 Å². The van der Waals surface area contributed by atoms with Crippen molar-refractivity contribution >= 4 is 29.3 Å². The second-order valence-corrected chi connectivity index (χ2v) is 8.86. The van der Waals surface area contributed by atoms with Crippen molar-refractivity contribution in [1.29, 1.82) is 0 Å². The monoisotopic (exact) mass is 560 g/mol. The third kappa shape index (κ3) is 8.72. The maximum Gasteiger partial charge on any atom is 0.490 e. The van der Waals surface area contributed by atoms with E-state index in [1.54, 1.807) is 30.3 Å².